The third-order valence-corrected chi connectivity index (χ3v) is 4.65. The van der Waals surface area contributed by atoms with Crippen LogP contribution in [0.4, 0.5) is 5.82 Å². The van der Waals surface area contributed by atoms with Gasteiger partial charge in [0.2, 0.25) is 11.8 Å². The van der Waals surface area contributed by atoms with Gasteiger partial charge in [-0.25, -0.2) is 9.88 Å². The first-order chi connectivity index (χ1) is 11.4. The van der Waals surface area contributed by atoms with Crippen LogP contribution >= 0.6 is 11.6 Å². The number of rotatable bonds is 3. The molecular weight excluding hydrogens is 324 g/mol. The molecule has 3 rings (SSSR count). The van der Waals surface area contributed by atoms with E-state index in [2.05, 4.69) is 23.2 Å². The maximum atomic E-state index is 12.8. The number of benzene rings is 1. The van der Waals surface area contributed by atoms with Crippen molar-refractivity contribution >= 4 is 29.2 Å². The Morgan fingerprint density at radius 1 is 1.08 bits per heavy atom. The zero-order chi connectivity index (χ0) is 17.4. The van der Waals surface area contributed by atoms with Gasteiger partial charge in [-0.2, -0.15) is 0 Å². The molecule has 1 saturated heterocycles. The lowest BCUT2D eigenvalue weighted by atomic mass is 9.89. The van der Waals surface area contributed by atoms with Gasteiger partial charge in [0, 0.05) is 12.1 Å². The van der Waals surface area contributed by atoms with Gasteiger partial charge in [0.1, 0.15) is 5.82 Å². The lowest BCUT2D eigenvalue weighted by molar-refractivity contribution is -0.122. The summed E-state index contributed by atoms with van der Waals surface area (Å²) >= 11 is 5.83. The normalized spacial score (nSPS) is 20.8. The minimum Gasteiger partial charge on any atom is -0.274 e. The van der Waals surface area contributed by atoms with Crippen LogP contribution in [0.3, 0.4) is 0 Å². The molecule has 2 aromatic rings. The molecule has 0 N–H and O–H groups in total. The third kappa shape index (κ3) is 3.06. The van der Waals surface area contributed by atoms with Crippen LogP contribution in [0.25, 0.3) is 0 Å². The van der Waals surface area contributed by atoms with Crippen LogP contribution in [0.15, 0.2) is 36.5 Å². The highest BCUT2D eigenvalue weighted by atomic mass is 35.5. The molecular formula is C19H19ClN2O2. The zero-order valence-electron chi connectivity index (χ0n) is 13.9. The summed E-state index contributed by atoms with van der Waals surface area (Å²) in [5, 5.41) is 0.470. The van der Waals surface area contributed by atoms with Crippen molar-refractivity contribution in [2.75, 3.05) is 4.90 Å². The Kier molecular flexibility index (Phi) is 4.41. The van der Waals surface area contributed by atoms with Gasteiger partial charge in [0.15, 0.2) is 0 Å². The second-order valence-electron chi connectivity index (χ2n) is 6.44. The lowest BCUT2D eigenvalue weighted by Crippen LogP contribution is -2.31. The largest absolute Gasteiger partial charge is 0.274 e. The molecule has 1 fully saturated rings. The minimum absolute atomic E-state index is 0.193. The number of hydrogen-bond donors (Lipinski definition) is 0. The molecule has 5 heteroatoms. The highest BCUT2D eigenvalue weighted by Crippen LogP contribution is 2.32. The standard InChI is InChI=1S/C19H19ClN2O2/c1-11-6-12(2)8-14(7-11)9-16-13(3)18(23)22(19(16)24)17-5-4-15(20)10-21-17/h4-8,10,13,16H,9H2,1-3H3/t13-,16+/m1/s1. The molecule has 0 aliphatic carbocycles. The van der Waals surface area contributed by atoms with Crippen LogP contribution in [0, 0.1) is 25.7 Å². The molecule has 124 valence electrons. The third-order valence-electron chi connectivity index (χ3n) is 4.43. The minimum atomic E-state index is -0.365. The number of pyridine rings is 1. The summed E-state index contributed by atoms with van der Waals surface area (Å²) in [6.07, 6.45) is 2.00. The quantitative estimate of drug-likeness (QED) is 0.799. The number of aryl methyl sites for hydroxylation is 2. The first-order valence-corrected chi connectivity index (χ1v) is 8.31. The van der Waals surface area contributed by atoms with E-state index < -0.39 is 0 Å². The van der Waals surface area contributed by atoms with Gasteiger partial charge < -0.3 is 0 Å². The van der Waals surface area contributed by atoms with Crippen molar-refractivity contribution in [1.29, 1.82) is 0 Å². The van der Waals surface area contributed by atoms with Crippen molar-refractivity contribution in [3.63, 3.8) is 0 Å². The summed E-state index contributed by atoms with van der Waals surface area (Å²) in [5.74, 6) is -0.790. The van der Waals surface area contributed by atoms with E-state index in [9.17, 15) is 9.59 Å². The number of carbonyl (C=O) groups is 2. The van der Waals surface area contributed by atoms with Crippen molar-refractivity contribution in [2.24, 2.45) is 11.8 Å². The molecule has 24 heavy (non-hydrogen) atoms. The van der Waals surface area contributed by atoms with E-state index in [0.717, 1.165) is 16.7 Å². The van der Waals surface area contributed by atoms with E-state index in [1.807, 2.05) is 20.8 Å². The number of hydrogen-bond acceptors (Lipinski definition) is 3. The number of anilines is 1. The molecule has 0 bridgehead atoms. The van der Waals surface area contributed by atoms with Gasteiger partial charge in [-0.1, -0.05) is 47.9 Å². The molecule has 0 unspecified atom stereocenters. The Bertz CT molecular complexity index is 781. The van der Waals surface area contributed by atoms with E-state index in [1.54, 1.807) is 12.1 Å². The smallest absolute Gasteiger partial charge is 0.239 e. The van der Waals surface area contributed by atoms with Crippen molar-refractivity contribution in [3.8, 4) is 0 Å². The number of halogens is 1. The summed E-state index contributed by atoms with van der Waals surface area (Å²) in [4.78, 5) is 30.7. The molecule has 4 nitrogen and oxygen atoms in total. The van der Waals surface area contributed by atoms with Crippen LogP contribution in [0.5, 0.6) is 0 Å². The zero-order valence-corrected chi connectivity index (χ0v) is 14.7. The molecule has 1 aromatic heterocycles. The van der Waals surface area contributed by atoms with Gasteiger partial charge in [-0.15, -0.1) is 0 Å². The Hall–Kier alpha value is -2.20. The second-order valence-corrected chi connectivity index (χ2v) is 6.88. The maximum absolute atomic E-state index is 12.8. The van der Waals surface area contributed by atoms with E-state index in [1.165, 1.54) is 11.1 Å². The average molecular weight is 343 g/mol. The van der Waals surface area contributed by atoms with E-state index in [0.29, 0.717) is 17.3 Å². The summed E-state index contributed by atoms with van der Waals surface area (Å²) in [7, 11) is 0. The number of imide groups is 1. The molecule has 1 aromatic carbocycles. The summed E-state index contributed by atoms with van der Waals surface area (Å²) in [6, 6.07) is 9.47. The fraction of sp³-hybridized carbons (Fsp3) is 0.316. The van der Waals surface area contributed by atoms with Gasteiger partial charge in [0.05, 0.1) is 10.9 Å². The molecule has 0 radical (unpaired) electrons. The van der Waals surface area contributed by atoms with Crippen LogP contribution in [0.1, 0.15) is 23.6 Å². The lowest BCUT2D eigenvalue weighted by Gasteiger charge is -2.14. The van der Waals surface area contributed by atoms with Crippen molar-refractivity contribution < 1.29 is 9.59 Å². The van der Waals surface area contributed by atoms with Gasteiger partial charge in [-0.3, -0.25) is 9.59 Å². The SMILES string of the molecule is Cc1cc(C)cc(C[C@@H]2C(=O)N(c3ccc(Cl)cn3)C(=O)[C@@H]2C)c1. The van der Waals surface area contributed by atoms with E-state index in [-0.39, 0.29) is 23.7 Å². The number of carbonyl (C=O) groups excluding carboxylic acids is 2. The monoisotopic (exact) mass is 342 g/mol. The first kappa shape index (κ1) is 16.7. The molecule has 0 spiro atoms. The van der Waals surface area contributed by atoms with Gasteiger partial charge in [-0.05, 0) is 38.0 Å². The fourth-order valence-electron chi connectivity index (χ4n) is 3.29. The Morgan fingerprint density at radius 2 is 1.75 bits per heavy atom. The van der Waals surface area contributed by atoms with E-state index >= 15 is 0 Å². The van der Waals surface area contributed by atoms with Gasteiger partial charge in [0.25, 0.3) is 0 Å². The number of nitrogens with zero attached hydrogens (tertiary/aromatic N) is 2. The van der Waals surface area contributed by atoms with Crippen LogP contribution in [-0.4, -0.2) is 16.8 Å². The molecule has 2 heterocycles. The summed E-state index contributed by atoms with van der Waals surface area (Å²) in [5.41, 5.74) is 3.40. The van der Waals surface area contributed by atoms with Crippen LogP contribution in [0.2, 0.25) is 5.02 Å². The highest BCUT2D eigenvalue weighted by Gasteiger charge is 2.46. The maximum Gasteiger partial charge on any atom is 0.239 e. The van der Waals surface area contributed by atoms with Crippen molar-refractivity contribution in [3.05, 3.63) is 58.2 Å². The molecule has 0 saturated carbocycles. The van der Waals surface area contributed by atoms with Crippen molar-refractivity contribution in [1.82, 2.24) is 4.98 Å². The van der Waals surface area contributed by atoms with Crippen LogP contribution < -0.4 is 4.90 Å². The fourth-order valence-corrected chi connectivity index (χ4v) is 3.41. The predicted octanol–water partition coefficient (Wildman–Crippen LogP) is 3.72. The summed E-state index contributed by atoms with van der Waals surface area (Å²) < 4.78 is 0. The molecule has 2 atom stereocenters. The predicted molar refractivity (Wildman–Crippen MR) is 94.0 cm³/mol. The van der Waals surface area contributed by atoms with Crippen LogP contribution in [-0.2, 0) is 16.0 Å². The second kappa shape index (κ2) is 6.36. The first-order valence-electron chi connectivity index (χ1n) is 7.93. The van der Waals surface area contributed by atoms with Crippen molar-refractivity contribution in [2.45, 2.75) is 27.2 Å². The van der Waals surface area contributed by atoms with Gasteiger partial charge >= 0.3 is 0 Å². The summed E-state index contributed by atoms with van der Waals surface area (Å²) in [6.45, 7) is 5.88. The molecule has 2 amide bonds. The Labute approximate surface area is 146 Å². The molecule has 1 aliphatic heterocycles. The topological polar surface area (TPSA) is 50.3 Å². The number of amides is 2. The Balaban J connectivity index is 1.88. The number of aromatic nitrogens is 1. The van der Waals surface area contributed by atoms with E-state index in [4.69, 9.17) is 11.6 Å². The highest BCUT2D eigenvalue weighted by molar-refractivity contribution is 6.30. The molecule has 1 aliphatic rings. The Morgan fingerprint density at radius 3 is 2.33 bits per heavy atom. The average Bonchev–Trinajstić information content (AvgIpc) is 2.71.